The lowest BCUT2D eigenvalue weighted by Gasteiger charge is -2.44. The summed E-state index contributed by atoms with van der Waals surface area (Å²) in [4.78, 5) is 38.1. The number of aryl methyl sites for hydroxylation is 1. The van der Waals surface area contributed by atoms with Crippen LogP contribution >= 0.6 is 0 Å². The first-order chi connectivity index (χ1) is 19.0. The molecule has 3 heterocycles. The van der Waals surface area contributed by atoms with Gasteiger partial charge in [0.1, 0.15) is 6.61 Å². The molecule has 2 aliphatic heterocycles. The number of para-hydroxylation sites is 1. The molecular weight excluding hydrogens is 488 g/mol. The maximum Gasteiger partial charge on any atom is 0.255 e. The monoisotopic (exact) mass is 526 g/mol. The van der Waals surface area contributed by atoms with Crippen molar-refractivity contribution in [3.8, 4) is 0 Å². The van der Waals surface area contributed by atoms with Crippen molar-refractivity contribution in [1.82, 2.24) is 14.8 Å². The van der Waals surface area contributed by atoms with E-state index in [9.17, 15) is 9.59 Å². The Labute approximate surface area is 231 Å². The van der Waals surface area contributed by atoms with Crippen LogP contribution in [0.4, 0.5) is 5.69 Å². The number of ether oxygens (including phenoxy) is 1. The number of hydrogen-bond donors (Lipinski definition) is 0. The molecule has 5 rings (SSSR count). The predicted octanol–water partition coefficient (Wildman–Crippen LogP) is 4.84. The van der Waals surface area contributed by atoms with E-state index in [0.717, 1.165) is 49.2 Å². The maximum atomic E-state index is 14.0. The molecule has 0 spiro atoms. The number of anilines is 1. The second-order valence-electron chi connectivity index (χ2n) is 10.7. The van der Waals surface area contributed by atoms with E-state index in [4.69, 9.17) is 4.74 Å². The van der Waals surface area contributed by atoms with Gasteiger partial charge in [0.15, 0.2) is 0 Å². The summed E-state index contributed by atoms with van der Waals surface area (Å²) >= 11 is 0. The van der Waals surface area contributed by atoms with Gasteiger partial charge in [-0.05, 0) is 55.5 Å². The Bertz CT molecular complexity index is 1260. The number of piperidine rings is 1. The number of aromatic nitrogens is 1. The smallest absolute Gasteiger partial charge is 0.255 e. The molecule has 2 aromatic carbocycles. The van der Waals surface area contributed by atoms with E-state index < -0.39 is 0 Å². The van der Waals surface area contributed by atoms with E-state index in [-0.39, 0.29) is 24.5 Å². The van der Waals surface area contributed by atoms with Crippen molar-refractivity contribution in [3.05, 3.63) is 95.3 Å². The molecule has 204 valence electrons. The zero-order chi connectivity index (χ0) is 27.2. The van der Waals surface area contributed by atoms with Crippen LogP contribution in [0.15, 0.2) is 72.9 Å². The molecule has 0 aliphatic carbocycles. The quantitative estimate of drug-likeness (QED) is 0.476. The van der Waals surface area contributed by atoms with Crippen LogP contribution < -0.4 is 4.90 Å². The molecule has 2 amide bonds. The van der Waals surface area contributed by atoms with Crippen molar-refractivity contribution in [2.24, 2.45) is 0 Å². The van der Waals surface area contributed by atoms with Gasteiger partial charge in [-0.3, -0.25) is 19.5 Å². The second kappa shape index (κ2) is 12.5. The van der Waals surface area contributed by atoms with Gasteiger partial charge in [0.05, 0.1) is 5.56 Å². The fourth-order valence-electron chi connectivity index (χ4n) is 6.00. The van der Waals surface area contributed by atoms with Crippen molar-refractivity contribution in [2.45, 2.75) is 57.8 Å². The minimum absolute atomic E-state index is 0.0209. The fourth-order valence-corrected chi connectivity index (χ4v) is 6.00. The Balaban J connectivity index is 1.56. The van der Waals surface area contributed by atoms with Gasteiger partial charge in [0.2, 0.25) is 0 Å². The summed E-state index contributed by atoms with van der Waals surface area (Å²) in [7, 11) is 1.56. The van der Waals surface area contributed by atoms with E-state index in [2.05, 4.69) is 34.1 Å². The van der Waals surface area contributed by atoms with Gasteiger partial charge in [-0.1, -0.05) is 55.0 Å². The highest BCUT2D eigenvalue weighted by Crippen LogP contribution is 2.32. The Morgan fingerprint density at radius 3 is 2.49 bits per heavy atom. The van der Waals surface area contributed by atoms with Crippen LogP contribution in [0.2, 0.25) is 0 Å². The first-order valence-corrected chi connectivity index (χ1v) is 13.9. The Hall–Kier alpha value is -3.55. The number of fused-ring (bicyclic) bond motifs is 3. The lowest BCUT2D eigenvalue weighted by Crippen LogP contribution is -2.52. The normalized spacial score (nSPS) is 20.2. The van der Waals surface area contributed by atoms with Crippen molar-refractivity contribution in [3.63, 3.8) is 0 Å². The van der Waals surface area contributed by atoms with Gasteiger partial charge in [0.25, 0.3) is 11.8 Å². The Morgan fingerprint density at radius 1 is 0.949 bits per heavy atom. The molecule has 0 saturated carbocycles. The number of methoxy groups -OCH3 is 1. The van der Waals surface area contributed by atoms with Crippen molar-refractivity contribution < 1.29 is 14.3 Å². The summed E-state index contributed by atoms with van der Waals surface area (Å²) < 4.78 is 5.26. The number of carbonyl (C=O) groups excluding carboxylic acids is 2. The third-order valence-electron chi connectivity index (χ3n) is 8.00. The summed E-state index contributed by atoms with van der Waals surface area (Å²) in [5.74, 6) is -0.0973. The number of nitrogens with zero attached hydrogens (tertiary/aromatic N) is 4. The SMILES string of the molecule is COCC(=O)N1CCC2CCCC(CN(C(=O)c3ccc(C)nc3)Cc3ccccc31)N2Cc1ccccc1. The van der Waals surface area contributed by atoms with E-state index in [1.807, 2.05) is 59.2 Å². The average Bonchev–Trinajstić information content (AvgIpc) is 2.96. The van der Waals surface area contributed by atoms with Crippen molar-refractivity contribution in [1.29, 1.82) is 0 Å². The van der Waals surface area contributed by atoms with Crippen LogP contribution in [0.1, 0.15) is 52.9 Å². The molecule has 0 radical (unpaired) electrons. The second-order valence-corrected chi connectivity index (χ2v) is 10.7. The largest absolute Gasteiger partial charge is 0.375 e. The number of benzene rings is 2. The number of pyridine rings is 1. The topological polar surface area (TPSA) is 66.0 Å². The van der Waals surface area contributed by atoms with Gasteiger partial charge in [-0.25, -0.2) is 0 Å². The minimum Gasteiger partial charge on any atom is -0.375 e. The molecule has 2 aliphatic rings. The Kier molecular flexibility index (Phi) is 8.69. The van der Waals surface area contributed by atoms with Crippen LogP contribution in [-0.2, 0) is 22.6 Å². The molecule has 1 aromatic heterocycles. The zero-order valence-corrected chi connectivity index (χ0v) is 23.0. The standard InChI is InChI=1S/C32H38N4O3/c1-24-15-16-26(19-33-24)32(38)34-21-27-11-6-7-14-30(27)35(31(37)23-39-2)18-17-28-12-8-13-29(22-34)36(28)20-25-9-4-3-5-10-25/h3-7,9-11,14-16,19,28-29H,8,12-13,17-18,20-23H2,1-2H3. The number of hydrogen-bond acceptors (Lipinski definition) is 5. The summed E-state index contributed by atoms with van der Waals surface area (Å²) in [5.41, 5.74) is 4.54. The van der Waals surface area contributed by atoms with E-state index in [1.54, 1.807) is 13.3 Å². The zero-order valence-electron chi connectivity index (χ0n) is 23.0. The first kappa shape index (κ1) is 27.0. The first-order valence-electron chi connectivity index (χ1n) is 13.9. The predicted molar refractivity (Wildman–Crippen MR) is 152 cm³/mol. The summed E-state index contributed by atoms with van der Waals surface area (Å²) in [6, 6.07) is 22.8. The molecule has 2 atom stereocenters. The molecule has 0 N–H and O–H groups in total. The van der Waals surface area contributed by atoms with E-state index in [1.165, 1.54) is 5.56 Å². The highest BCUT2D eigenvalue weighted by Gasteiger charge is 2.35. The number of rotatable bonds is 5. The molecule has 7 nitrogen and oxygen atoms in total. The number of carbonyl (C=O) groups is 2. The van der Waals surface area contributed by atoms with Gasteiger partial charge >= 0.3 is 0 Å². The summed E-state index contributed by atoms with van der Waals surface area (Å²) in [6.07, 6.45) is 5.76. The molecular formula is C32H38N4O3. The highest BCUT2D eigenvalue weighted by molar-refractivity contribution is 5.96. The lowest BCUT2D eigenvalue weighted by atomic mass is 9.92. The summed E-state index contributed by atoms with van der Waals surface area (Å²) in [6.45, 7) is 4.41. The molecule has 39 heavy (non-hydrogen) atoms. The van der Waals surface area contributed by atoms with Crippen LogP contribution in [0.3, 0.4) is 0 Å². The molecule has 7 heteroatoms. The maximum absolute atomic E-state index is 14.0. The molecule has 2 unspecified atom stereocenters. The third kappa shape index (κ3) is 6.37. The Morgan fingerprint density at radius 2 is 1.72 bits per heavy atom. The fraction of sp³-hybridized carbons (Fsp3) is 0.406. The van der Waals surface area contributed by atoms with E-state index >= 15 is 0 Å². The average molecular weight is 527 g/mol. The molecule has 1 saturated heterocycles. The van der Waals surface area contributed by atoms with Gasteiger partial charge in [-0.2, -0.15) is 0 Å². The van der Waals surface area contributed by atoms with Crippen LogP contribution in [-0.4, -0.2) is 65.5 Å². The van der Waals surface area contributed by atoms with Crippen LogP contribution in [0, 0.1) is 6.92 Å². The lowest BCUT2D eigenvalue weighted by molar-refractivity contribution is -0.122. The van der Waals surface area contributed by atoms with E-state index in [0.29, 0.717) is 31.2 Å². The third-order valence-corrected chi connectivity index (χ3v) is 8.00. The van der Waals surface area contributed by atoms with Crippen molar-refractivity contribution >= 4 is 17.5 Å². The van der Waals surface area contributed by atoms with Gasteiger partial charge < -0.3 is 14.5 Å². The number of amides is 2. The molecule has 2 bridgehead atoms. The minimum atomic E-state index is -0.0632. The van der Waals surface area contributed by atoms with Crippen LogP contribution in [0.5, 0.6) is 0 Å². The van der Waals surface area contributed by atoms with Gasteiger partial charge in [-0.15, -0.1) is 0 Å². The summed E-state index contributed by atoms with van der Waals surface area (Å²) in [5, 5.41) is 0. The van der Waals surface area contributed by atoms with Crippen LogP contribution in [0.25, 0.3) is 0 Å². The molecule has 1 fully saturated rings. The van der Waals surface area contributed by atoms with Gasteiger partial charge in [0, 0.05) is 63.0 Å². The van der Waals surface area contributed by atoms with Crippen molar-refractivity contribution in [2.75, 3.05) is 31.7 Å². The highest BCUT2D eigenvalue weighted by atomic mass is 16.5. The molecule has 3 aromatic rings.